The normalized spacial score (nSPS) is 24.9. The van der Waals surface area contributed by atoms with Gasteiger partial charge in [0.15, 0.2) is 0 Å². The van der Waals surface area contributed by atoms with Crippen LogP contribution >= 0.6 is 11.3 Å². The van der Waals surface area contributed by atoms with Crippen molar-refractivity contribution >= 4 is 22.4 Å². The first-order valence-electron chi connectivity index (χ1n) is 5.42. The van der Waals surface area contributed by atoms with Gasteiger partial charge < -0.3 is 10.0 Å². The molecule has 0 aromatic carbocycles. The molecule has 0 bridgehead atoms. The summed E-state index contributed by atoms with van der Waals surface area (Å²) in [6.45, 7) is 3.35. The second-order valence-corrected chi connectivity index (χ2v) is 5.04. The molecule has 1 unspecified atom stereocenters. The first-order valence-corrected chi connectivity index (χ1v) is 6.30. The van der Waals surface area contributed by atoms with Crippen LogP contribution in [-0.4, -0.2) is 34.4 Å². The summed E-state index contributed by atoms with van der Waals surface area (Å²) < 4.78 is 0. The van der Waals surface area contributed by atoms with Gasteiger partial charge in [-0.25, -0.2) is 0 Å². The SMILES string of the molecule is CCCC1(C(=O)O)CCN(c2nncs2)C1. The molecule has 1 saturated heterocycles. The predicted octanol–water partition coefficient (Wildman–Crippen LogP) is 1.62. The largest absolute Gasteiger partial charge is 0.481 e. The Morgan fingerprint density at radius 2 is 2.56 bits per heavy atom. The minimum atomic E-state index is -0.679. The fraction of sp³-hybridized carbons (Fsp3) is 0.700. The van der Waals surface area contributed by atoms with Gasteiger partial charge in [0.1, 0.15) is 5.51 Å². The molecule has 1 atom stereocenters. The second-order valence-electron chi connectivity index (χ2n) is 4.23. The number of rotatable bonds is 4. The molecule has 1 fully saturated rings. The lowest BCUT2D eigenvalue weighted by Gasteiger charge is -2.23. The fourth-order valence-electron chi connectivity index (χ4n) is 2.30. The molecule has 1 aromatic rings. The molecule has 2 heterocycles. The number of hydrogen-bond acceptors (Lipinski definition) is 5. The topological polar surface area (TPSA) is 66.3 Å². The molecule has 0 amide bonds. The zero-order chi connectivity index (χ0) is 11.6. The summed E-state index contributed by atoms with van der Waals surface area (Å²) in [5.74, 6) is -0.679. The highest BCUT2D eigenvalue weighted by molar-refractivity contribution is 7.13. The van der Waals surface area contributed by atoms with Crippen LogP contribution in [0.2, 0.25) is 0 Å². The van der Waals surface area contributed by atoms with E-state index in [0.717, 1.165) is 24.5 Å². The summed E-state index contributed by atoms with van der Waals surface area (Å²) in [5, 5.41) is 18.0. The van der Waals surface area contributed by atoms with Gasteiger partial charge in [-0.1, -0.05) is 24.7 Å². The van der Waals surface area contributed by atoms with Crippen LogP contribution in [0.25, 0.3) is 0 Å². The quantitative estimate of drug-likeness (QED) is 0.867. The fourth-order valence-corrected chi connectivity index (χ4v) is 2.89. The van der Waals surface area contributed by atoms with Crippen molar-refractivity contribution in [2.45, 2.75) is 26.2 Å². The first-order chi connectivity index (χ1) is 7.68. The molecular formula is C10H15N3O2S. The van der Waals surface area contributed by atoms with Crippen molar-refractivity contribution in [3.05, 3.63) is 5.51 Å². The minimum Gasteiger partial charge on any atom is -0.481 e. The zero-order valence-corrected chi connectivity index (χ0v) is 10.0. The first kappa shape index (κ1) is 11.3. The lowest BCUT2D eigenvalue weighted by atomic mass is 9.83. The maximum absolute atomic E-state index is 11.4. The Bertz CT molecular complexity index is 368. The van der Waals surface area contributed by atoms with Crippen LogP contribution in [0.5, 0.6) is 0 Å². The Kier molecular flexibility index (Phi) is 3.09. The maximum Gasteiger partial charge on any atom is 0.311 e. The Morgan fingerprint density at radius 1 is 1.75 bits per heavy atom. The Balaban J connectivity index is 2.13. The standard InChI is InChI=1S/C10H15N3O2S/c1-2-3-10(8(14)15)4-5-13(6-10)9-12-11-7-16-9/h7H,2-6H2,1H3,(H,14,15). The van der Waals surface area contributed by atoms with Crippen molar-refractivity contribution < 1.29 is 9.90 Å². The van der Waals surface area contributed by atoms with Gasteiger partial charge in [-0.3, -0.25) is 4.79 Å². The number of carbonyl (C=O) groups is 1. The number of carboxylic acid groups (broad SMARTS) is 1. The van der Waals surface area contributed by atoms with E-state index in [0.29, 0.717) is 13.0 Å². The van der Waals surface area contributed by atoms with E-state index in [1.807, 2.05) is 11.8 Å². The van der Waals surface area contributed by atoms with Gasteiger partial charge in [0.05, 0.1) is 5.41 Å². The smallest absolute Gasteiger partial charge is 0.311 e. The molecule has 1 aromatic heterocycles. The summed E-state index contributed by atoms with van der Waals surface area (Å²) >= 11 is 1.46. The van der Waals surface area contributed by atoms with Crippen LogP contribution in [-0.2, 0) is 4.79 Å². The van der Waals surface area contributed by atoms with Crippen LogP contribution in [0.15, 0.2) is 5.51 Å². The molecule has 88 valence electrons. The van der Waals surface area contributed by atoms with Gasteiger partial charge in [0, 0.05) is 13.1 Å². The average Bonchev–Trinajstić information content (AvgIpc) is 2.84. The Labute approximate surface area is 98.1 Å². The monoisotopic (exact) mass is 241 g/mol. The highest BCUT2D eigenvalue weighted by Gasteiger charge is 2.44. The second kappa shape index (κ2) is 4.37. The van der Waals surface area contributed by atoms with Gasteiger partial charge in [0.25, 0.3) is 0 Å². The van der Waals surface area contributed by atoms with Crippen molar-refractivity contribution in [1.29, 1.82) is 0 Å². The van der Waals surface area contributed by atoms with E-state index in [1.54, 1.807) is 5.51 Å². The van der Waals surface area contributed by atoms with E-state index in [9.17, 15) is 9.90 Å². The molecular weight excluding hydrogens is 226 g/mol. The highest BCUT2D eigenvalue weighted by atomic mass is 32.1. The lowest BCUT2D eigenvalue weighted by Crippen LogP contribution is -2.34. The van der Waals surface area contributed by atoms with Crippen molar-refractivity contribution in [3.8, 4) is 0 Å². The van der Waals surface area contributed by atoms with E-state index < -0.39 is 11.4 Å². The van der Waals surface area contributed by atoms with Crippen LogP contribution in [0, 0.1) is 5.41 Å². The number of hydrogen-bond donors (Lipinski definition) is 1. The van der Waals surface area contributed by atoms with Crippen LogP contribution in [0.4, 0.5) is 5.13 Å². The van der Waals surface area contributed by atoms with Crippen LogP contribution in [0.1, 0.15) is 26.2 Å². The highest BCUT2D eigenvalue weighted by Crippen LogP contribution is 2.37. The summed E-state index contributed by atoms with van der Waals surface area (Å²) in [6.07, 6.45) is 2.34. The number of aromatic nitrogens is 2. The van der Waals surface area contributed by atoms with Gasteiger partial charge in [-0.15, -0.1) is 10.2 Å². The molecule has 1 N–H and O–H groups in total. The molecule has 0 radical (unpaired) electrons. The van der Waals surface area contributed by atoms with Crippen LogP contribution < -0.4 is 4.90 Å². The Morgan fingerprint density at radius 3 is 3.12 bits per heavy atom. The van der Waals surface area contributed by atoms with Gasteiger partial charge in [-0.05, 0) is 12.8 Å². The van der Waals surface area contributed by atoms with E-state index in [4.69, 9.17) is 0 Å². The third kappa shape index (κ3) is 1.89. The Hall–Kier alpha value is -1.17. The summed E-state index contributed by atoms with van der Waals surface area (Å²) in [7, 11) is 0. The zero-order valence-electron chi connectivity index (χ0n) is 9.22. The molecule has 5 nitrogen and oxygen atoms in total. The number of nitrogens with zero attached hydrogens (tertiary/aromatic N) is 3. The summed E-state index contributed by atoms with van der Waals surface area (Å²) in [6, 6.07) is 0. The molecule has 0 saturated carbocycles. The molecule has 0 spiro atoms. The van der Waals surface area contributed by atoms with E-state index in [-0.39, 0.29) is 0 Å². The number of aliphatic carboxylic acids is 1. The van der Waals surface area contributed by atoms with E-state index in [2.05, 4.69) is 10.2 Å². The van der Waals surface area contributed by atoms with Crippen molar-refractivity contribution in [2.24, 2.45) is 5.41 Å². The average molecular weight is 241 g/mol. The van der Waals surface area contributed by atoms with Crippen molar-refractivity contribution in [3.63, 3.8) is 0 Å². The minimum absolute atomic E-state index is 0.561. The summed E-state index contributed by atoms with van der Waals surface area (Å²) in [4.78, 5) is 13.4. The molecule has 6 heteroatoms. The maximum atomic E-state index is 11.4. The predicted molar refractivity (Wildman–Crippen MR) is 61.7 cm³/mol. The lowest BCUT2D eigenvalue weighted by molar-refractivity contribution is -0.148. The van der Waals surface area contributed by atoms with Crippen LogP contribution in [0.3, 0.4) is 0 Å². The molecule has 0 aliphatic carbocycles. The molecule has 1 aliphatic heterocycles. The van der Waals surface area contributed by atoms with Gasteiger partial charge in [0.2, 0.25) is 5.13 Å². The van der Waals surface area contributed by atoms with Gasteiger partial charge in [-0.2, -0.15) is 0 Å². The van der Waals surface area contributed by atoms with E-state index >= 15 is 0 Å². The van der Waals surface area contributed by atoms with Crippen molar-refractivity contribution in [1.82, 2.24) is 10.2 Å². The molecule has 1 aliphatic rings. The third-order valence-corrected chi connectivity index (χ3v) is 3.91. The third-order valence-electron chi connectivity index (χ3n) is 3.16. The summed E-state index contributed by atoms with van der Waals surface area (Å²) in [5.41, 5.74) is 1.09. The number of anilines is 1. The van der Waals surface area contributed by atoms with E-state index in [1.165, 1.54) is 11.3 Å². The number of carboxylic acids is 1. The molecule has 2 rings (SSSR count). The molecule has 16 heavy (non-hydrogen) atoms. The van der Waals surface area contributed by atoms with Crippen molar-refractivity contribution in [2.75, 3.05) is 18.0 Å². The van der Waals surface area contributed by atoms with Gasteiger partial charge >= 0.3 is 5.97 Å².